The zero-order valence-corrected chi connectivity index (χ0v) is 15.0. The van der Waals surface area contributed by atoms with Crippen molar-refractivity contribution in [1.29, 1.82) is 0 Å². The van der Waals surface area contributed by atoms with Gasteiger partial charge in [0.1, 0.15) is 9.86 Å². The SMILES string of the molecule is Cc1ccc(S(=O)(=O)N2CCC(c3ccnc4[nH]ccc34)CC2)s1. The smallest absolute Gasteiger partial charge is 0.252 e. The van der Waals surface area contributed by atoms with Crippen LogP contribution in [-0.2, 0) is 10.0 Å². The van der Waals surface area contributed by atoms with Crippen LogP contribution in [0.3, 0.4) is 0 Å². The van der Waals surface area contributed by atoms with Crippen molar-refractivity contribution < 1.29 is 8.42 Å². The molecule has 5 nitrogen and oxygen atoms in total. The molecule has 4 heterocycles. The quantitative estimate of drug-likeness (QED) is 0.776. The van der Waals surface area contributed by atoms with E-state index in [2.05, 4.69) is 22.1 Å². The van der Waals surface area contributed by atoms with Crippen LogP contribution in [0.2, 0.25) is 0 Å². The maximum absolute atomic E-state index is 12.7. The Bertz CT molecular complexity index is 967. The van der Waals surface area contributed by atoms with Crippen LogP contribution in [0, 0.1) is 6.92 Å². The highest BCUT2D eigenvalue weighted by Crippen LogP contribution is 2.34. The summed E-state index contributed by atoms with van der Waals surface area (Å²) in [5, 5.41) is 1.15. The van der Waals surface area contributed by atoms with Gasteiger partial charge >= 0.3 is 0 Å². The van der Waals surface area contributed by atoms with Crippen molar-refractivity contribution in [2.75, 3.05) is 13.1 Å². The molecule has 7 heteroatoms. The van der Waals surface area contributed by atoms with Gasteiger partial charge in [-0.05, 0) is 55.5 Å². The molecule has 3 aromatic heterocycles. The molecular formula is C17H19N3O2S2. The molecule has 0 spiro atoms. The molecule has 3 aromatic rings. The molecule has 1 fully saturated rings. The summed E-state index contributed by atoms with van der Waals surface area (Å²) in [6, 6.07) is 7.69. The lowest BCUT2D eigenvalue weighted by Gasteiger charge is -2.31. The second-order valence-electron chi connectivity index (χ2n) is 6.18. The Balaban J connectivity index is 1.54. The molecule has 0 atom stereocenters. The van der Waals surface area contributed by atoms with E-state index >= 15 is 0 Å². The highest BCUT2D eigenvalue weighted by atomic mass is 32.2. The number of nitrogens with one attached hydrogen (secondary N) is 1. The number of aromatic nitrogens is 2. The van der Waals surface area contributed by atoms with E-state index in [9.17, 15) is 8.42 Å². The molecule has 1 saturated heterocycles. The summed E-state index contributed by atoms with van der Waals surface area (Å²) in [4.78, 5) is 8.50. The van der Waals surface area contributed by atoms with Crippen LogP contribution in [0.15, 0.2) is 40.9 Å². The van der Waals surface area contributed by atoms with Crippen molar-refractivity contribution in [3.63, 3.8) is 0 Å². The number of thiophene rings is 1. The van der Waals surface area contributed by atoms with E-state index in [0.717, 1.165) is 28.8 Å². The van der Waals surface area contributed by atoms with Crippen LogP contribution >= 0.6 is 11.3 Å². The molecule has 0 aliphatic carbocycles. The molecule has 0 unspecified atom stereocenters. The summed E-state index contributed by atoms with van der Waals surface area (Å²) in [5.41, 5.74) is 2.17. The van der Waals surface area contributed by atoms with E-state index in [4.69, 9.17) is 0 Å². The first-order valence-corrected chi connectivity index (χ1v) is 10.3. The fourth-order valence-electron chi connectivity index (χ4n) is 3.42. The Kier molecular flexibility index (Phi) is 3.94. The van der Waals surface area contributed by atoms with Gasteiger partial charge in [0.05, 0.1) is 0 Å². The molecule has 24 heavy (non-hydrogen) atoms. The number of piperidine rings is 1. The second-order valence-corrected chi connectivity index (χ2v) is 9.64. The zero-order valence-electron chi connectivity index (χ0n) is 13.4. The number of rotatable bonds is 3. The summed E-state index contributed by atoms with van der Waals surface area (Å²) >= 11 is 1.35. The Morgan fingerprint density at radius 3 is 2.71 bits per heavy atom. The van der Waals surface area contributed by atoms with Crippen LogP contribution in [0.4, 0.5) is 0 Å². The first kappa shape index (κ1) is 15.8. The van der Waals surface area contributed by atoms with Gasteiger partial charge in [0.15, 0.2) is 0 Å². The molecule has 0 bridgehead atoms. The maximum Gasteiger partial charge on any atom is 0.252 e. The molecule has 0 saturated carbocycles. The fraction of sp³-hybridized carbons (Fsp3) is 0.353. The van der Waals surface area contributed by atoms with Crippen LogP contribution in [0.25, 0.3) is 11.0 Å². The van der Waals surface area contributed by atoms with E-state index in [1.54, 1.807) is 10.4 Å². The normalized spacial score (nSPS) is 17.5. The number of hydrogen-bond acceptors (Lipinski definition) is 4. The number of pyridine rings is 1. The van der Waals surface area contributed by atoms with E-state index in [1.807, 2.05) is 25.4 Å². The topological polar surface area (TPSA) is 66.1 Å². The Hall–Kier alpha value is -1.70. The number of aryl methyl sites for hydroxylation is 1. The highest BCUT2D eigenvalue weighted by molar-refractivity contribution is 7.91. The van der Waals surface area contributed by atoms with Crippen LogP contribution < -0.4 is 0 Å². The third-order valence-electron chi connectivity index (χ3n) is 4.70. The number of aromatic amines is 1. The van der Waals surface area contributed by atoms with Crippen molar-refractivity contribution in [3.8, 4) is 0 Å². The van der Waals surface area contributed by atoms with Gasteiger partial charge in [-0.3, -0.25) is 0 Å². The van der Waals surface area contributed by atoms with Crippen molar-refractivity contribution in [1.82, 2.24) is 14.3 Å². The Morgan fingerprint density at radius 1 is 1.21 bits per heavy atom. The van der Waals surface area contributed by atoms with Gasteiger partial charge in [-0.2, -0.15) is 4.31 Å². The minimum absolute atomic E-state index is 0.378. The predicted molar refractivity (Wildman–Crippen MR) is 95.9 cm³/mol. The highest BCUT2D eigenvalue weighted by Gasteiger charge is 2.31. The first-order valence-electron chi connectivity index (χ1n) is 8.04. The van der Waals surface area contributed by atoms with Gasteiger partial charge in [-0.1, -0.05) is 0 Å². The molecular weight excluding hydrogens is 342 g/mol. The van der Waals surface area contributed by atoms with Crippen molar-refractivity contribution in [2.45, 2.75) is 29.9 Å². The molecule has 1 aliphatic rings. The Labute approximate surface area is 145 Å². The molecule has 0 amide bonds. The standard InChI is InChI=1S/C17H19N3O2S2/c1-12-2-3-16(23-12)24(21,22)20-10-6-13(7-11-20)14-4-8-18-17-15(14)5-9-19-17/h2-5,8-9,13H,6-7,10-11H2,1H3,(H,18,19). The number of fused-ring (bicyclic) bond motifs is 1. The second kappa shape index (κ2) is 5.98. The summed E-state index contributed by atoms with van der Waals surface area (Å²) in [6.45, 7) is 3.07. The van der Waals surface area contributed by atoms with Gasteiger partial charge in [-0.25, -0.2) is 13.4 Å². The number of H-pyrrole nitrogens is 1. The summed E-state index contributed by atoms with van der Waals surface area (Å²) in [7, 11) is -3.35. The van der Waals surface area contributed by atoms with Crippen molar-refractivity contribution in [3.05, 3.63) is 47.1 Å². The zero-order chi connectivity index (χ0) is 16.7. The van der Waals surface area contributed by atoms with Crippen LogP contribution in [0.1, 0.15) is 29.2 Å². The summed E-state index contributed by atoms with van der Waals surface area (Å²) in [5.74, 6) is 0.378. The average molecular weight is 361 g/mol. The van der Waals surface area contributed by atoms with Gasteiger partial charge in [0.25, 0.3) is 10.0 Å². The lowest BCUT2D eigenvalue weighted by Crippen LogP contribution is -2.37. The van der Waals surface area contributed by atoms with E-state index in [-0.39, 0.29) is 0 Å². The molecule has 4 rings (SSSR count). The van der Waals surface area contributed by atoms with E-state index in [0.29, 0.717) is 23.2 Å². The fourth-order valence-corrected chi connectivity index (χ4v) is 6.33. The third-order valence-corrected chi connectivity index (χ3v) is 8.06. The molecule has 126 valence electrons. The van der Waals surface area contributed by atoms with E-state index < -0.39 is 10.0 Å². The van der Waals surface area contributed by atoms with Gasteiger partial charge < -0.3 is 4.98 Å². The van der Waals surface area contributed by atoms with Gasteiger partial charge in [0.2, 0.25) is 0 Å². The molecule has 0 radical (unpaired) electrons. The van der Waals surface area contributed by atoms with Crippen LogP contribution in [-0.4, -0.2) is 35.8 Å². The largest absolute Gasteiger partial charge is 0.346 e. The molecule has 1 N–H and O–H groups in total. The summed E-state index contributed by atoms with van der Waals surface area (Å²) < 4.78 is 27.6. The lowest BCUT2D eigenvalue weighted by molar-refractivity contribution is 0.321. The summed E-state index contributed by atoms with van der Waals surface area (Å²) in [6.07, 6.45) is 5.41. The Morgan fingerprint density at radius 2 is 2.00 bits per heavy atom. The molecule has 1 aliphatic heterocycles. The van der Waals surface area contributed by atoms with Crippen molar-refractivity contribution >= 4 is 32.4 Å². The third kappa shape index (κ3) is 2.66. The first-order chi connectivity index (χ1) is 11.6. The minimum atomic E-state index is -3.35. The number of sulfonamides is 1. The van der Waals surface area contributed by atoms with E-state index in [1.165, 1.54) is 16.9 Å². The minimum Gasteiger partial charge on any atom is -0.346 e. The number of hydrogen-bond donors (Lipinski definition) is 1. The monoisotopic (exact) mass is 361 g/mol. The van der Waals surface area contributed by atoms with Gasteiger partial charge in [-0.15, -0.1) is 11.3 Å². The predicted octanol–water partition coefficient (Wildman–Crippen LogP) is 3.50. The maximum atomic E-state index is 12.7. The number of nitrogens with zero attached hydrogens (tertiary/aromatic N) is 2. The average Bonchev–Trinajstić information content (AvgIpc) is 3.23. The lowest BCUT2D eigenvalue weighted by atomic mass is 9.89. The van der Waals surface area contributed by atoms with Gasteiger partial charge in [0, 0.05) is 35.7 Å². The van der Waals surface area contributed by atoms with Crippen LogP contribution in [0.5, 0.6) is 0 Å². The molecule has 0 aromatic carbocycles. The van der Waals surface area contributed by atoms with Crippen molar-refractivity contribution in [2.24, 2.45) is 0 Å².